The molecule has 2 heterocycles. The molecule has 0 bridgehead atoms. The molecule has 3 nitrogen and oxygen atoms in total. The van der Waals surface area contributed by atoms with E-state index in [0.29, 0.717) is 12.3 Å². The molecule has 0 aromatic rings. The molecule has 0 N–H and O–H groups in total. The molecule has 116 valence electrons. The highest BCUT2D eigenvalue weighted by Gasteiger charge is 2.30. The Morgan fingerprint density at radius 2 is 1.75 bits per heavy atom. The molecule has 0 saturated carbocycles. The Balaban J connectivity index is 1.78. The Kier molecular flexibility index (Phi) is 5.11. The lowest BCUT2D eigenvalue weighted by atomic mass is 9.90. The molecule has 2 rings (SSSR count). The molecule has 0 aliphatic carbocycles. The van der Waals surface area contributed by atoms with Crippen LogP contribution in [0.1, 0.15) is 59.8 Å². The third-order valence-electron chi connectivity index (χ3n) is 4.70. The lowest BCUT2D eigenvalue weighted by Gasteiger charge is -2.42. The van der Waals surface area contributed by atoms with Crippen molar-refractivity contribution in [3.05, 3.63) is 0 Å². The minimum absolute atomic E-state index is 0.107. The molecule has 0 aromatic heterocycles. The summed E-state index contributed by atoms with van der Waals surface area (Å²) in [6.07, 6.45) is 5.76. The van der Waals surface area contributed by atoms with Crippen molar-refractivity contribution >= 4 is 5.91 Å². The zero-order valence-electron chi connectivity index (χ0n) is 13.8. The molecule has 0 aromatic carbocycles. The van der Waals surface area contributed by atoms with Crippen LogP contribution in [0, 0.1) is 11.3 Å². The molecule has 2 aliphatic rings. The quantitative estimate of drug-likeness (QED) is 0.776. The number of carbonyl (C=O) groups excluding carboxylic acids is 1. The van der Waals surface area contributed by atoms with E-state index in [-0.39, 0.29) is 5.41 Å². The molecule has 2 fully saturated rings. The largest absolute Gasteiger partial charge is 0.343 e. The van der Waals surface area contributed by atoms with Gasteiger partial charge in [0, 0.05) is 32.1 Å². The van der Waals surface area contributed by atoms with Gasteiger partial charge in [-0.15, -0.1) is 0 Å². The van der Waals surface area contributed by atoms with Crippen LogP contribution in [0.5, 0.6) is 0 Å². The van der Waals surface area contributed by atoms with E-state index in [1.165, 1.54) is 38.8 Å². The van der Waals surface area contributed by atoms with Crippen LogP contribution in [-0.2, 0) is 4.79 Å². The fraction of sp³-hybridized carbons (Fsp3) is 0.941. The molecule has 3 heteroatoms. The maximum Gasteiger partial charge on any atom is 0.223 e. The van der Waals surface area contributed by atoms with Crippen LogP contribution < -0.4 is 0 Å². The van der Waals surface area contributed by atoms with E-state index in [1.54, 1.807) is 0 Å². The second-order valence-corrected chi connectivity index (χ2v) is 8.09. The molecule has 0 radical (unpaired) electrons. The monoisotopic (exact) mass is 280 g/mol. The van der Waals surface area contributed by atoms with Gasteiger partial charge in [0.1, 0.15) is 0 Å². The first-order valence-electron chi connectivity index (χ1n) is 8.37. The smallest absolute Gasteiger partial charge is 0.223 e. The highest BCUT2D eigenvalue weighted by atomic mass is 16.2. The molecular formula is C17H32N2O. The summed E-state index contributed by atoms with van der Waals surface area (Å²) in [4.78, 5) is 17.0. The first-order chi connectivity index (χ1) is 9.35. The number of nitrogens with zero attached hydrogens (tertiary/aromatic N) is 2. The fourth-order valence-electron chi connectivity index (χ4n) is 3.60. The summed E-state index contributed by atoms with van der Waals surface area (Å²) in [5.74, 6) is 1.20. The number of piperidine rings is 2. The predicted octanol–water partition coefficient (Wildman–Crippen LogP) is 3.15. The van der Waals surface area contributed by atoms with Crippen molar-refractivity contribution in [1.82, 2.24) is 9.80 Å². The van der Waals surface area contributed by atoms with E-state index in [2.05, 4.69) is 37.5 Å². The standard InChI is InChI=1S/C17H32N2O/c1-14-6-5-9-19(13-14)15-7-10-18(11-8-15)16(20)12-17(2,3)4/h14-15H,5-13H2,1-4H3/t14-/m0/s1. The minimum Gasteiger partial charge on any atom is -0.343 e. The minimum atomic E-state index is 0.107. The molecule has 2 aliphatic heterocycles. The van der Waals surface area contributed by atoms with Gasteiger partial charge in [-0.05, 0) is 43.6 Å². The van der Waals surface area contributed by atoms with Crippen molar-refractivity contribution in [2.24, 2.45) is 11.3 Å². The van der Waals surface area contributed by atoms with Crippen LogP contribution in [0.3, 0.4) is 0 Å². The van der Waals surface area contributed by atoms with Crippen molar-refractivity contribution in [2.45, 2.75) is 65.8 Å². The van der Waals surface area contributed by atoms with Gasteiger partial charge in [-0.3, -0.25) is 9.69 Å². The van der Waals surface area contributed by atoms with E-state index < -0.39 is 0 Å². The third-order valence-corrected chi connectivity index (χ3v) is 4.70. The summed E-state index contributed by atoms with van der Waals surface area (Å²) in [7, 11) is 0. The van der Waals surface area contributed by atoms with Crippen molar-refractivity contribution in [3.8, 4) is 0 Å². The van der Waals surface area contributed by atoms with Gasteiger partial charge in [-0.25, -0.2) is 0 Å². The van der Waals surface area contributed by atoms with Crippen molar-refractivity contribution < 1.29 is 4.79 Å². The van der Waals surface area contributed by atoms with Crippen LogP contribution >= 0.6 is 0 Å². The van der Waals surface area contributed by atoms with Crippen LogP contribution in [0.15, 0.2) is 0 Å². The van der Waals surface area contributed by atoms with Gasteiger partial charge in [0.15, 0.2) is 0 Å². The van der Waals surface area contributed by atoms with E-state index >= 15 is 0 Å². The summed E-state index contributed by atoms with van der Waals surface area (Å²) >= 11 is 0. The number of rotatable bonds is 2. The fourth-order valence-corrected chi connectivity index (χ4v) is 3.60. The van der Waals surface area contributed by atoms with Crippen molar-refractivity contribution in [1.29, 1.82) is 0 Å². The Hall–Kier alpha value is -0.570. The van der Waals surface area contributed by atoms with Gasteiger partial charge < -0.3 is 4.90 Å². The second-order valence-electron chi connectivity index (χ2n) is 8.09. The average molecular weight is 280 g/mol. The summed E-state index contributed by atoms with van der Waals surface area (Å²) in [6.45, 7) is 13.3. The number of hydrogen-bond acceptors (Lipinski definition) is 2. The Labute approximate surface area is 124 Å². The van der Waals surface area contributed by atoms with Crippen LogP contribution in [0.25, 0.3) is 0 Å². The first kappa shape index (κ1) is 15.8. The average Bonchev–Trinajstić information content (AvgIpc) is 2.37. The first-order valence-corrected chi connectivity index (χ1v) is 8.37. The molecule has 0 unspecified atom stereocenters. The number of likely N-dealkylation sites (tertiary alicyclic amines) is 2. The molecule has 20 heavy (non-hydrogen) atoms. The molecule has 0 spiro atoms. The number of hydrogen-bond donors (Lipinski definition) is 0. The topological polar surface area (TPSA) is 23.6 Å². The lowest BCUT2D eigenvalue weighted by molar-refractivity contribution is -0.134. The van der Waals surface area contributed by atoms with E-state index in [1.807, 2.05) is 0 Å². The van der Waals surface area contributed by atoms with Crippen LogP contribution in [-0.4, -0.2) is 47.9 Å². The van der Waals surface area contributed by atoms with E-state index in [4.69, 9.17) is 0 Å². The highest BCUT2D eigenvalue weighted by molar-refractivity contribution is 5.76. The summed E-state index contributed by atoms with van der Waals surface area (Å²) in [5, 5.41) is 0. The normalized spacial score (nSPS) is 26.8. The van der Waals surface area contributed by atoms with Gasteiger partial charge >= 0.3 is 0 Å². The molecule has 2 saturated heterocycles. The van der Waals surface area contributed by atoms with Crippen molar-refractivity contribution in [2.75, 3.05) is 26.2 Å². The summed E-state index contributed by atoms with van der Waals surface area (Å²) < 4.78 is 0. The Bertz CT molecular complexity index is 326. The lowest BCUT2D eigenvalue weighted by Crippen LogP contribution is -2.49. The van der Waals surface area contributed by atoms with Gasteiger partial charge in [0.05, 0.1) is 0 Å². The van der Waals surface area contributed by atoms with Gasteiger partial charge in [0.25, 0.3) is 0 Å². The highest BCUT2D eigenvalue weighted by Crippen LogP contribution is 2.25. The van der Waals surface area contributed by atoms with Gasteiger partial charge in [0.2, 0.25) is 5.91 Å². The SMILES string of the molecule is C[C@H]1CCCN(C2CCN(C(=O)CC(C)(C)C)CC2)C1. The van der Waals surface area contributed by atoms with E-state index in [9.17, 15) is 4.79 Å². The maximum absolute atomic E-state index is 12.3. The summed E-state index contributed by atoms with van der Waals surface area (Å²) in [6, 6.07) is 0.719. The number of carbonyl (C=O) groups is 1. The molecule has 1 amide bonds. The number of amides is 1. The Morgan fingerprint density at radius 3 is 2.30 bits per heavy atom. The maximum atomic E-state index is 12.3. The summed E-state index contributed by atoms with van der Waals surface area (Å²) in [5.41, 5.74) is 0.107. The molecular weight excluding hydrogens is 248 g/mol. The Morgan fingerprint density at radius 1 is 1.10 bits per heavy atom. The van der Waals surface area contributed by atoms with Crippen LogP contribution in [0.2, 0.25) is 0 Å². The van der Waals surface area contributed by atoms with Crippen LogP contribution in [0.4, 0.5) is 0 Å². The zero-order valence-corrected chi connectivity index (χ0v) is 13.8. The predicted molar refractivity (Wildman–Crippen MR) is 83.6 cm³/mol. The van der Waals surface area contributed by atoms with E-state index in [0.717, 1.165) is 25.0 Å². The van der Waals surface area contributed by atoms with Crippen molar-refractivity contribution in [3.63, 3.8) is 0 Å². The van der Waals surface area contributed by atoms with Gasteiger partial charge in [-0.2, -0.15) is 0 Å². The zero-order chi connectivity index (χ0) is 14.8. The third kappa shape index (κ3) is 4.47. The second kappa shape index (κ2) is 6.46. The van der Waals surface area contributed by atoms with Gasteiger partial charge in [-0.1, -0.05) is 27.7 Å². The molecule has 1 atom stereocenters.